The van der Waals surface area contributed by atoms with Crippen molar-refractivity contribution in [2.24, 2.45) is 5.73 Å². The summed E-state index contributed by atoms with van der Waals surface area (Å²) in [6, 6.07) is 5.95. The predicted octanol–water partition coefficient (Wildman–Crippen LogP) is 1.11. The van der Waals surface area contributed by atoms with E-state index >= 15 is 0 Å². The predicted molar refractivity (Wildman–Crippen MR) is 85.0 cm³/mol. The molecular formula is C12H11ClN4O3S2. The minimum absolute atomic E-state index is 0.00440. The van der Waals surface area contributed by atoms with Crippen molar-refractivity contribution in [3.8, 4) is 0 Å². The van der Waals surface area contributed by atoms with E-state index in [9.17, 15) is 13.2 Å². The molecule has 0 aliphatic carbocycles. The number of thiophene rings is 1. The van der Waals surface area contributed by atoms with Crippen LogP contribution in [0.4, 0.5) is 0 Å². The van der Waals surface area contributed by atoms with Gasteiger partial charge in [-0.2, -0.15) is 12.4 Å². The molecule has 0 aromatic carbocycles. The third kappa shape index (κ3) is 2.26. The number of hydrogen-bond acceptors (Lipinski definition) is 6. The smallest absolute Gasteiger partial charge is 0.329 e. The van der Waals surface area contributed by atoms with E-state index in [1.807, 2.05) is 0 Å². The molecule has 3 rings (SSSR count). The number of rotatable bonds is 4. The van der Waals surface area contributed by atoms with Gasteiger partial charge >= 0.3 is 5.69 Å². The zero-order chi connectivity index (χ0) is 15.9. The van der Waals surface area contributed by atoms with Crippen LogP contribution in [0.1, 0.15) is 0 Å². The van der Waals surface area contributed by atoms with Crippen molar-refractivity contribution >= 4 is 44.1 Å². The van der Waals surface area contributed by atoms with Crippen LogP contribution in [0.5, 0.6) is 0 Å². The Bertz CT molecular complexity index is 1000. The van der Waals surface area contributed by atoms with Crippen LogP contribution in [-0.2, 0) is 16.6 Å². The van der Waals surface area contributed by atoms with Crippen LogP contribution >= 0.6 is 22.9 Å². The van der Waals surface area contributed by atoms with Crippen molar-refractivity contribution in [1.29, 1.82) is 0 Å². The Balaban J connectivity index is 2.36. The maximum absolute atomic E-state index is 12.7. The van der Waals surface area contributed by atoms with Crippen molar-refractivity contribution < 1.29 is 8.42 Å². The molecule has 0 amide bonds. The Morgan fingerprint density at radius 3 is 2.73 bits per heavy atom. The summed E-state index contributed by atoms with van der Waals surface area (Å²) >= 11 is 6.69. The molecule has 3 aromatic rings. The maximum Gasteiger partial charge on any atom is 0.344 e. The summed E-state index contributed by atoms with van der Waals surface area (Å²) in [4.78, 5) is 16.6. The number of nitrogens with zero attached hydrogens (tertiary/aromatic N) is 3. The van der Waals surface area contributed by atoms with E-state index < -0.39 is 15.7 Å². The van der Waals surface area contributed by atoms with Gasteiger partial charge in [0.1, 0.15) is 9.73 Å². The lowest BCUT2D eigenvalue weighted by molar-refractivity contribution is 0.585. The van der Waals surface area contributed by atoms with Gasteiger partial charge in [-0.05, 0) is 24.3 Å². The molecule has 0 radical (unpaired) electrons. The first kappa shape index (κ1) is 15.2. The van der Waals surface area contributed by atoms with E-state index in [2.05, 4.69) is 4.98 Å². The number of hydrogen-bond donors (Lipinski definition) is 1. The molecule has 3 aromatic heterocycles. The first-order valence-electron chi connectivity index (χ1n) is 6.24. The van der Waals surface area contributed by atoms with Gasteiger partial charge in [-0.15, -0.1) is 11.3 Å². The molecule has 2 N–H and O–H groups in total. The Hall–Kier alpha value is -1.68. The average molecular weight is 359 g/mol. The second-order valence-corrected chi connectivity index (χ2v) is 8.13. The lowest BCUT2D eigenvalue weighted by Crippen LogP contribution is -2.30. The molecule has 0 unspecified atom stereocenters. The first-order chi connectivity index (χ1) is 10.5. The molecule has 0 atom stereocenters. The summed E-state index contributed by atoms with van der Waals surface area (Å²) in [6.45, 7) is 0.376. The second kappa shape index (κ2) is 5.51. The molecule has 0 bridgehead atoms. The monoisotopic (exact) mass is 358 g/mol. The van der Waals surface area contributed by atoms with Gasteiger partial charge in [-0.25, -0.2) is 9.78 Å². The van der Waals surface area contributed by atoms with Gasteiger partial charge < -0.3 is 5.73 Å². The Labute approximate surface area is 134 Å². The zero-order valence-corrected chi connectivity index (χ0v) is 13.5. The first-order valence-corrected chi connectivity index (χ1v) is 8.87. The summed E-state index contributed by atoms with van der Waals surface area (Å²) < 4.78 is 27.8. The van der Waals surface area contributed by atoms with Crippen molar-refractivity contribution in [1.82, 2.24) is 13.5 Å². The molecule has 22 heavy (non-hydrogen) atoms. The highest BCUT2D eigenvalue weighted by molar-refractivity contribution is 7.92. The third-order valence-electron chi connectivity index (χ3n) is 3.04. The van der Waals surface area contributed by atoms with Crippen molar-refractivity contribution in [3.63, 3.8) is 0 Å². The molecule has 0 aliphatic heterocycles. The maximum atomic E-state index is 12.7. The quantitative estimate of drug-likeness (QED) is 0.753. The van der Waals surface area contributed by atoms with Crippen LogP contribution in [0, 0.1) is 0 Å². The normalized spacial score (nSPS) is 12.1. The van der Waals surface area contributed by atoms with Crippen molar-refractivity contribution in [3.05, 3.63) is 45.3 Å². The van der Waals surface area contributed by atoms with Gasteiger partial charge in [0.05, 0.1) is 4.34 Å². The minimum Gasteiger partial charge on any atom is -0.329 e. The van der Waals surface area contributed by atoms with E-state index in [4.69, 9.17) is 17.3 Å². The molecule has 116 valence electrons. The Morgan fingerprint density at radius 1 is 1.32 bits per heavy atom. The largest absolute Gasteiger partial charge is 0.344 e. The van der Waals surface area contributed by atoms with Crippen LogP contribution in [0.2, 0.25) is 4.34 Å². The Morgan fingerprint density at radius 2 is 2.09 bits per heavy atom. The summed E-state index contributed by atoms with van der Waals surface area (Å²) in [5.41, 5.74) is 5.30. The number of imidazole rings is 1. The number of pyridine rings is 1. The molecule has 0 aliphatic rings. The average Bonchev–Trinajstić information content (AvgIpc) is 3.03. The molecule has 10 heteroatoms. The van der Waals surface area contributed by atoms with E-state index in [1.165, 1.54) is 29.0 Å². The highest BCUT2D eigenvalue weighted by Crippen LogP contribution is 2.28. The standard InChI is InChI=1S/C12H11ClN4O3S2/c13-9-3-4-10(21-9)22(19,20)17-8-2-1-6-15-11(8)16(7-5-14)12(17)18/h1-4,6H,5,7,14H2. The number of aromatic nitrogens is 3. The molecule has 0 spiro atoms. The molecule has 7 nitrogen and oxygen atoms in total. The summed E-state index contributed by atoms with van der Waals surface area (Å²) in [7, 11) is -4.04. The van der Waals surface area contributed by atoms with Crippen LogP contribution in [0.25, 0.3) is 11.2 Å². The van der Waals surface area contributed by atoms with Crippen molar-refractivity contribution in [2.75, 3.05) is 6.54 Å². The number of halogens is 1. The number of fused-ring (bicyclic) bond motifs is 1. The summed E-state index contributed by atoms with van der Waals surface area (Å²) in [5, 5.41) is 0. The lowest BCUT2D eigenvalue weighted by atomic mass is 10.4. The van der Waals surface area contributed by atoms with E-state index in [0.717, 1.165) is 15.3 Å². The van der Waals surface area contributed by atoms with Gasteiger partial charge in [0.15, 0.2) is 5.65 Å². The SMILES string of the molecule is NCCn1c(=O)n(S(=O)(=O)c2ccc(Cl)s2)c2cccnc21. The zero-order valence-electron chi connectivity index (χ0n) is 11.1. The molecule has 0 saturated carbocycles. The highest BCUT2D eigenvalue weighted by Gasteiger charge is 2.26. The fraction of sp³-hybridized carbons (Fsp3) is 0.167. The van der Waals surface area contributed by atoms with Gasteiger partial charge in [0.2, 0.25) is 0 Å². The highest BCUT2D eigenvalue weighted by atomic mass is 35.5. The topological polar surface area (TPSA) is 100.0 Å². The molecule has 0 fully saturated rings. The molecule has 3 heterocycles. The van der Waals surface area contributed by atoms with Crippen molar-refractivity contribution in [2.45, 2.75) is 10.8 Å². The lowest BCUT2D eigenvalue weighted by Gasteiger charge is -2.02. The van der Waals surface area contributed by atoms with Gasteiger partial charge in [0, 0.05) is 19.3 Å². The van der Waals surface area contributed by atoms with Gasteiger partial charge in [0.25, 0.3) is 10.0 Å². The second-order valence-electron chi connectivity index (χ2n) is 4.40. The van der Waals surface area contributed by atoms with E-state index in [0.29, 0.717) is 4.34 Å². The van der Waals surface area contributed by atoms with E-state index in [-0.39, 0.29) is 28.5 Å². The van der Waals surface area contributed by atoms with E-state index in [1.54, 1.807) is 6.07 Å². The molecular weight excluding hydrogens is 348 g/mol. The fourth-order valence-electron chi connectivity index (χ4n) is 2.15. The van der Waals surface area contributed by atoms with Crippen LogP contribution < -0.4 is 11.4 Å². The van der Waals surface area contributed by atoms with Crippen LogP contribution in [0.3, 0.4) is 0 Å². The third-order valence-corrected chi connectivity index (χ3v) is 6.43. The fourth-order valence-corrected chi connectivity index (χ4v) is 5.10. The molecule has 0 saturated heterocycles. The van der Waals surface area contributed by atoms with Gasteiger partial charge in [-0.3, -0.25) is 4.57 Å². The number of nitrogens with two attached hydrogens (primary N) is 1. The minimum atomic E-state index is -4.04. The Kier molecular flexibility index (Phi) is 3.81. The van der Waals surface area contributed by atoms with Crippen LogP contribution in [-0.4, -0.2) is 28.5 Å². The van der Waals surface area contributed by atoms with Crippen LogP contribution in [0.15, 0.2) is 39.5 Å². The van der Waals surface area contributed by atoms with Gasteiger partial charge in [-0.1, -0.05) is 11.6 Å². The summed E-state index contributed by atoms with van der Waals surface area (Å²) in [5.74, 6) is 0. The summed E-state index contributed by atoms with van der Waals surface area (Å²) in [6.07, 6.45) is 1.49.